The molecule has 9 heterocycles. The van der Waals surface area contributed by atoms with Gasteiger partial charge in [0.05, 0.1) is 76.9 Å². The highest BCUT2D eigenvalue weighted by molar-refractivity contribution is 7.54. The number of nitrogens with one attached hydrogen (secondary N) is 3. The van der Waals surface area contributed by atoms with E-state index in [1.807, 2.05) is 42.5 Å². The third-order valence-electron chi connectivity index (χ3n) is 13.2. The number of nitrogens with zero attached hydrogens (tertiary/aromatic N) is 9. The van der Waals surface area contributed by atoms with Gasteiger partial charge in [-0.15, -0.1) is 0 Å². The summed E-state index contributed by atoms with van der Waals surface area (Å²) >= 11 is 5.91. The van der Waals surface area contributed by atoms with Gasteiger partial charge in [0, 0.05) is 43.9 Å². The molecule has 6 unspecified atom stereocenters. The van der Waals surface area contributed by atoms with Crippen molar-refractivity contribution in [3.8, 4) is 0 Å². The van der Waals surface area contributed by atoms with Crippen molar-refractivity contribution in [2.24, 2.45) is 0 Å². The Morgan fingerprint density at radius 3 is 1.19 bits per heavy atom. The zero-order valence-electron chi connectivity index (χ0n) is 45.6. The van der Waals surface area contributed by atoms with Crippen molar-refractivity contribution in [3.63, 3.8) is 0 Å². The molecule has 12 rings (SSSR count). The molecule has 0 saturated carbocycles. The Balaban J connectivity index is 0.000000143. The van der Waals surface area contributed by atoms with Gasteiger partial charge in [-0.05, 0) is 41.0 Å². The smallest absolute Gasteiger partial charge is 0.356 e. The summed E-state index contributed by atoms with van der Waals surface area (Å²) in [5.41, 5.74) is 19.7. The summed E-state index contributed by atoms with van der Waals surface area (Å²) in [7, 11) is -10.2. The molecule has 6 aromatic heterocycles. The van der Waals surface area contributed by atoms with E-state index in [0.29, 0.717) is 74.1 Å². The maximum atomic E-state index is 13.1. The van der Waals surface area contributed by atoms with Crippen molar-refractivity contribution in [1.29, 1.82) is 0 Å². The second kappa shape index (κ2) is 27.6. The van der Waals surface area contributed by atoms with Crippen LogP contribution in [-0.4, -0.2) is 117 Å². The summed E-state index contributed by atoms with van der Waals surface area (Å²) in [4.78, 5) is 66.8. The molecule has 3 fully saturated rings. The number of nitrogens with two attached hydrogens (primary N) is 3. The van der Waals surface area contributed by atoms with Crippen LogP contribution in [0.3, 0.4) is 0 Å². The second-order valence-corrected chi connectivity index (χ2v) is 25.6. The number of imidazole rings is 3. The maximum absolute atomic E-state index is 13.1. The van der Waals surface area contributed by atoms with Crippen LogP contribution >= 0.6 is 34.4 Å². The standard InChI is InChI=1S/C17H19ClN5O5P.C17H19FN5O5P.C17H20N5O5P/c2*18-12-3-1-11(2-4-12)13-5-7-27-29(25,28-13)10-26-8-6-23-9-20-14-15(23)21-17(19)22-16(14)24;18-17-20-15-14(16(23)21-17)19-10-22(15)7-9-25-11-28(24)26-8-6-13(27-28)12-4-2-1-3-5-12/h2*1-4,9,13H,5-8,10H2,(H3,19,21,22,24);1-5,10,13H,6-9,11H2,(H3,18,20,21,23). The van der Waals surface area contributed by atoms with Crippen molar-refractivity contribution < 1.29 is 59.4 Å². The second-order valence-electron chi connectivity index (χ2n) is 19.3. The molecule has 3 aromatic carbocycles. The van der Waals surface area contributed by atoms with E-state index < -0.39 is 45.6 Å². The molecule has 35 heteroatoms. The van der Waals surface area contributed by atoms with Gasteiger partial charge >= 0.3 is 22.8 Å². The van der Waals surface area contributed by atoms with Crippen LogP contribution in [0.1, 0.15) is 54.3 Å². The van der Waals surface area contributed by atoms with E-state index in [1.54, 1.807) is 38.0 Å². The number of halogens is 2. The quantitative estimate of drug-likeness (QED) is 0.0374. The van der Waals surface area contributed by atoms with E-state index >= 15 is 0 Å². The highest BCUT2D eigenvalue weighted by Crippen LogP contribution is 2.58. The minimum Gasteiger partial charge on any atom is -0.369 e. The lowest BCUT2D eigenvalue weighted by molar-refractivity contribution is 0.0559. The highest BCUT2D eigenvalue weighted by atomic mass is 35.5. The Bertz CT molecular complexity index is 3960. The van der Waals surface area contributed by atoms with E-state index in [2.05, 4.69) is 44.9 Å². The summed E-state index contributed by atoms with van der Waals surface area (Å²) in [5.74, 6) is -0.338. The van der Waals surface area contributed by atoms with E-state index in [0.717, 1.165) is 16.7 Å². The van der Waals surface area contributed by atoms with Crippen LogP contribution in [0.2, 0.25) is 5.02 Å². The lowest BCUT2D eigenvalue weighted by Gasteiger charge is -2.29. The lowest BCUT2D eigenvalue weighted by atomic mass is 10.1. The summed E-state index contributed by atoms with van der Waals surface area (Å²) < 4.78 is 106. The third-order valence-corrected chi connectivity index (χ3v) is 18.4. The molecule has 0 spiro atoms. The first-order chi connectivity index (χ1) is 41.4. The SMILES string of the molecule is Nc1nc2c(ncn2CCOCP2(=O)OCCC(c3ccc(Cl)cc3)O2)c(=O)[nH]1.Nc1nc2c(ncn2CCOCP2(=O)OCCC(c3ccc(F)cc3)O2)c(=O)[nH]1.Nc1nc2c(ncn2CCOCP2(=O)OCCC(c3ccccc3)O2)c(=O)[nH]1. The van der Waals surface area contributed by atoms with E-state index in [4.69, 9.17) is 70.2 Å². The molecule has 0 bridgehead atoms. The number of ether oxygens (including phenoxy) is 3. The number of aromatic nitrogens is 12. The van der Waals surface area contributed by atoms with Crippen molar-refractivity contribution in [2.75, 3.05) is 75.9 Å². The summed E-state index contributed by atoms with van der Waals surface area (Å²) in [5, 5.41) is 0.623. The Kier molecular flexibility index (Phi) is 19.8. The molecule has 30 nitrogen and oxygen atoms in total. The highest BCUT2D eigenvalue weighted by Gasteiger charge is 2.37. The Morgan fingerprint density at radius 1 is 0.512 bits per heavy atom. The molecule has 0 amide bonds. The van der Waals surface area contributed by atoms with Crippen LogP contribution in [0.4, 0.5) is 22.2 Å². The van der Waals surface area contributed by atoms with Gasteiger partial charge < -0.3 is 58.7 Å². The third kappa shape index (κ3) is 15.6. The number of aromatic amines is 3. The normalized spacial score (nSPS) is 22.3. The van der Waals surface area contributed by atoms with E-state index in [-0.39, 0.29) is 97.9 Å². The molecule has 3 aliphatic rings. The number of rotatable bonds is 18. The monoisotopic (exact) mass is 1270 g/mol. The van der Waals surface area contributed by atoms with Crippen LogP contribution in [0.25, 0.3) is 33.5 Å². The Labute approximate surface area is 491 Å². The molecule has 6 atom stereocenters. The average molecular weight is 1270 g/mol. The minimum absolute atomic E-state index is 0.00634. The Hall–Kier alpha value is -7.34. The molecule has 9 aromatic rings. The molecule has 9 N–H and O–H groups in total. The van der Waals surface area contributed by atoms with E-state index in [1.165, 1.54) is 31.1 Å². The van der Waals surface area contributed by atoms with Gasteiger partial charge in [-0.3, -0.25) is 56.6 Å². The van der Waals surface area contributed by atoms with Crippen LogP contribution in [0.5, 0.6) is 0 Å². The van der Waals surface area contributed by atoms with Crippen LogP contribution in [0.15, 0.2) is 112 Å². The molecule has 0 aliphatic carbocycles. The molecule has 3 saturated heterocycles. The fraction of sp³-hybridized carbons (Fsp3) is 0.353. The maximum Gasteiger partial charge on any atom is 0.356 e. The van der Waals surface area contributed by atoms with Crippen molar-refractivity contribution >= 4 is 85.7 Å². The van der Waals surface area contributed by atoms with Crippen molar-refractivity contribution in [2.45, 2.75) is 57.2 Å². The topological polar surface area (TPSA) is 403 Å². The predicted molar refractivity (Wildman–Crippen MR) is 310 cm³/mol. The molecular weight excluding hydrogens is 1210 g/mol. The number of hydrogen-bond donors (Lipinski definition) is 6. The molecule has 0 radical (unpaired) electrons. The van der Waals surface area contributed by atoms with Gasteiger partial charge in [-0.2, -0.15) is 15.0 Å². The first kappa shape index (κ1) is 61.7. The summed E-state index contributed by atoms with van der Waals surface area (Å²) in [6, 6.07) is 22.7. The van der Waals surface area contributed by atoms with Crippen LogP contribution < -0.4 is 33.9 Å². The van der Waals surface area contributed by atoms with Gasteiger partial charge in [0.15, 0.2) is 33.5 Å². The molecular formula is C51H58ClFN15O15P3. The fourth-order valence-electron chi connectivity index (χ4n) is 9.06. The number of H-pyrrole nitrogens is 3. The first-order valence-electron chi connectivity index (χ1n) is 26.6. The van der Waals surface area contributed by atoms with Gasteiger partial charge in [0.25, 0.3) is 16.7 Å². The Morgan fingerprint density at radius 2 is 0.837 bits per heavy atom. The molecule has 456 valence electrons. The number of hydrogen-bond acceptors (Lipinski definition) is 24. The van der Waals surface area contributed by atoms with Gasteiger partial charge in [0.1, 0.15) is 24.9 Å². The molecule has 86 heavy (non-hydrogen) atoms. The largest absolute Gasteiger partial charge is 0.369 e. The van der Waals surface area contributed by atoms with Crippen LogP contribution in [0, 0.1) is 5.82 Å². The molecule has 3 aliphatic heterocycles. The summed E-state index contributed by atoms with van der Waals surface area (Å²) in [6.45, 7) is 2.49. The van der Waals surface area contributed by atoms with Crippen LogP contribution in [-0.2, 0) is 74.7 Å². The first-order valence-corrected chi connectivity index (χ1v) is 32.1. The van der Waals surface area contributed by atoms with Crippen molar-refractivity contribution in [1.82, 2.24) is 58.6 Å². The zero-order chi connectivity index (χ0) is 60.4. The predicted octanol–water partition coefficient (Wildman–Crippen LogP) is 6.93. The number of anilines is 3. The van der Waals surface area contributed by atoms with Gasteiger partial charge in [-0.25, -0.2) is 19.3 Å². The average Bonchev–Trinajstić information content (AvgIpc) is 2.78. The van der Waals surface area contributed by atoms with Gasteiger partial charge in [0.2, 0.25) is 17.8 Å². The minimum atomic E-state index is -3.45. The lowest BCUT2D eigenvalue weighted by Crippen LogP contribution is -2.17. The number of benzene rings is 3. The van der Waals surface area contributed by atoms with E-state index in [9.17, 15) is 32.5 Å². The summed E-state index contributed by atoms with van der Waals surface area (Å²) in [6.07, 6.45) is 4.52. The zero-order valence-corrected chi connectivity index (χ0v) is 49.0. The van der Waals surface area contributed by atoms with Crippen molar-refractivity contribution in [3.05, 3.63) is 156 Å². The fourth-order valence-corrected chi connectivity index (χ4v) is 13.8. The number of nitrogen functional groups attached to an aromatic ring is 3. The van der Waals surface area contributed by atoms with Gasteiger partial charge in [-0.1, -0.05) is 66.2 Å². The number of fused-ring (bicyclic) bond motifs is 3.